The van der Waals surface area contributed by atoms with E-state index in [2.05, 4.69) is 10.3 Å². The second kappa shape index (κ2) is 8.07. The Morgan fingerprint density at radius 2 is 2.20 bits per heavy atom. The summed E-state index contributed by atoms with van der Waals surface area (Å²) >= 11 is 1.21. The molecular formula is C17H21N3O3S2. The highest BCUT2D eigenvalue weighted by atomic mass is 32.2. The van der Waals surface area contributed by atoms with Gasteiger partial charge in [-0.25, -0.2) is 8.42 Å². The van der Waals surface area contributed by atoms with Crippen molar-refractivity contribution in [1.29, 1.82) is 0 Å². The van der Waals surface area contributed by atoms with Crippen molar-refractivity contribution in [2.75, 3.05) is 6.54 Å². The molecule has 134 valence electrons. The molecule has 1 unspecified atom stereocenters. The highest BCUT2D eigenvalue weighted by Crippen LogP contribution is 2.29. The van der Waals surface area contributed by atoms with E-state index in [-0.39, 0.29) is 18.4 Å². The van der Waals surface area contributed by atoms with Gasteiger partial charge in [0.1, 0.15) is 4.21 Å². The number of sulfonamides is 1. The van der Waals surface area contributed by atoms with E-state index in [1.807, 2.05) is 12.1 Å². The van der Waals surface area contributed by atoms with Crippen molar-refractivity contribution >= 4 is 27.3 Å². The smallest absolute Gasteiger partial charge is 0.252 e. The zero-order chi connectivity index (χ0) is 17.7. The molecule has 25 heavy (non-hydrogen) atoms. The van der Waals surface area contributed by atoms with Crippen LogP contribution in [0.15, 0.2) is 46.2 Å². The largest absolute Gasteiger partial charge is 0.352 e. The predicted molar refractivity (Wildman–Crippen MR) is 96.6 cm³/mol. The Balaban J connectivity index is 1.64. The summed E-state index contributed by atoms with van der Waals surface area (Å²) < 4.78 is 27.5. The molecule has 0 spiro atoms. The van der Waals surface area contributed by atoms with Crippen LogP contribution in [0.3, 0.4) is 0 Å². The van der Waals surface area contributed by atoms with E-state index in [0.29, 0.717) is 23.7 Å². The topological polar surface area (TPSA) is 79.4 Å². The van der Waals surface area contributed by atoms with Gasteiger partial charge in [0.05, 0.1) is 0 Å². The molecule has 0 saturated carbocycles. The van der Waals surface area contributed by atoms with Gasteiger partial charge in [0, 0.05) is 37.9 Å². The van der Waals surface area contributed by atoms with Crippen LogP contribution in [0.4, 0.5) is 0 Å². The summed E-state index contributed by atoms with van der Waals surface area (Å²) in [6, 6.07) is 6.78. The zero-order valence-electron chi connectivity index (χ0n) is 13.8. The number of pyridine rings is 1. The minimum atomic E-state index is -3.52. The summed E-state index contributed by atoms with van der Waals surface area (Å²) in [7, 11) is -3.52. The van der Waals surface area contributed by atoms with Crippen LogP contribution in [0.1, 0.15) is 31.2 Å². The van der Waals surface area contributed by atoms with Gasteiger partial charge >= 0.3 is 0 Å². The molecule has 1 saturated heterocycles. The molecular weight excluding hydrogens is 358 g/mol. The van der Waals surface area contributed by atoms with Gasteiger partial charge < -0.3 is 5.32 Å². The first kappa shape index (κ1) is 18.0. The van der Waals surface area contributed by atoms with E-state index in [1.54, 1.807) is 29.9 Å². The third-order valence-electron chi connectivity index (χ3n) is 4.26. The fraction of sp³-hybridized carbons (Fsp3) is 0.412. The van der Waals surface area contributed by atoms with Gasteiger partial charge in [-0.05, 0) is 35.9 Å². The average Bonchev–Trinajstić information content (AvgIpc) is 3.17. The molecule has 2 aromatic heterocycles. The second-order valence-electron chi connectivity index (χ2n) is 6.04. The summed E-state index contributed by atoms with van der Waals surface area (Å²) in [6.07, 6.45) is 6.06. The van der Waals surface area contributed by atoms with E-state index in [9.17, 15) is 13.2 Å². The number of aromatic nitrogens is 1. The lowest BCUT2D eigenvalue weighted by Crippen LogP contribution is -2.45. The molecule has 3 rings (SSSR count). The number of hydrogen-bond donors (Lipinski definition) is 1. The summed E-state index contributed by atoms with van der Waals surface area (Å²) in [6.45, 7) is 0.873. The highest BCUT2D eigenvalue weighted by molar-refractivity contribution is 7.91. The van der Waals surface area contributed by atoms with Crippen molar-refractivity contribution in [2.45, 2.75) is 42.5 Å². The maximum absolute atomic E-state index is 12.8. The Hall–Kier alpha value is -1.77. The fourth-order valence-corrected chi connectivity index (χ4v) is 5.82. The molecule has 0 radical (unpaired) electrons. The Labute approximate surface area is 151 Å². The monoisotopic (exact) mass is 379 g/mol. The van der Waals surface area contributed by atoms with E-state index < -0.39 is 10.0 Å². The number of amides is 1. The van der Waals surface area contributed by atoms with Crippen LogP contribution in [0.2, 0.25) is 0 Å². The molecule has 6 nitrogen and oxygen atoms in total. The molecule has 0 bridgehead atoms. The van der Waals surface area contributed by atoms with Gasteiger partial charge in [0.2, 0.25) is 5.91 Å². The van der Waals surface area contributed by atoms with Crippen molar-refractivity contribution in [3.05, 3.63) is 47.6 Å². The number of hydrogen-bond acceptors (Lipinski definition) is 5. The summed E-state index contributed by atoms with van der Waals surface area (Å²) in [5.74, 6) is -0.137. The minimum absolute atomic E-state index is 0.137. The van der Waals surface area contributed by atoms with Crippen LogP contribution >= 0.6 is 11.3 Å². The van der Waals surface area contributed by atoms with Crippen LogP contribution in [0.5, 0.6) is 0 Å². The van der Waals surface area contributed by atoms with Crippen LogP contribution in [-0.4, -0.2) is 36.2 Å². The fourth-order valence-electron chi connectivity index (χ4n) is 3.01. The number of carbonyl (C=O) groups excluding carboxylic acids is 1. The molecule has 1 N–H and O–H groups in total. The lowest BCUT2D eigenvalue weighted by Gasteiger charge is -2.34. The van der Waals surface area contributed by atoms with Crippen LogP contribution in [-0.2, 0) is 21.4 Å². The molecule has 1 aliphatic rings. The molecule has 1 fully saturated rings. The molecule has 1 atom stereocenters. The third-order valence-corrected chi connectivity index (χ3v) is 7.59. The van der Waals surface area contributed by atoms with Crippen molar-refractivity contribution in [3.8, 4) is 0 Å². The van der Waals surface area contributed by atoms with Crippen molar-refractivity contribution in [3.63, 3.8) is 0 Å². The van der Waals surface area contributed by atoms with E-state index in [1.165, 1.54) is 15.6 Å². The lowest BCUT2D eigenvalue weighted by atomic mass is 10.0. The first-order valence-corrected chi connectivity index (χ1v) is 10.6. The Kier molecular flexibility index (Phi) is 5.82. The van der Waals surface area contributed by atoms with E-state index in [0.717, 1.165) is 18.4 Å². The summed E-state index contributed by atoms with van der Waals surface area (Å²) in [4.78, 5) is 16.3. The standard InChI is InChI=1S/C17H21N3O3S2/c21-16(19-13-14-5-3-8-18-12-14)11-15-6-1-2-9-20(15)25(22,23)17-7-4-10-24-17/h3-5,7-8,10,12,15H,1-2,6,9,11,13H2,(H,19,21). The van der Waals surface area contributed by atoms with E-state index >= 15 is 0 Å². The zero-order valence-corrected chi connectivity index (χ0v) is 15.4. The lowest BCUT2D eigenvalue weighted by molar-refractivity contribution is -0.122. The number of rotatable bonds is 6. The van der Waals surface area contributed by atoms with Gasteiger partial charge in [0.25, 0.3) is 10.0 Å². The maximum Gasteiger partial charge on any atom is 0.252 e. The molecule has 1 amide bonds. The van der Waals surface area contributed by atoms with Gasteiger partial charge in [-0.2, -0.15) is 4.31 Å². The number of nitrogens with one attached hydrogen (secondary N) is 1. The van der Waals surface area contributed by atoms with Gasteiger partial charge in [0.15, 0.2) is 0 Å². The maximum atomic E-state index is 12.8. The van der Waals surface area contributed by atoms with Crippen LogP contribution < -0.4 is 5.32 Å². The highest BCUT2D eigenvalue weighted by Gasteiger charge is 2.35. The summed E-state index contributed by atoms with van der Waals surface area (Å²) in [5.41, 5.74) is 0.919. The quantitative estimate of drug-likeness (QED) is 0.836. The first-order chi connectivity index (χ1) is 12.1. The van der Waals surface area contributed by atoms with Gasteiger partial charge in [-0.15, -0.1) is 11.3 Å². The Morgan fingerprint density at radius 1 is 1.32 bits per heavy atom. The van der Waals surface area contributed by atoms with Gasteiger partial charge in [-0.1, -0.05) is 18.6 Å². The molecule has 0 aliphatic carbocycles. The summed E-state index contributed by atoms with van der Waals surface area (Å²) in [5, 5.41) is 4.61. The average molecular weight is 380 g/mol. The Morgan fingerprint density at radius 3 is 2.92 bits per heavy atom. The van der Waals surface area contributed by atoms with Crippen molar-refractivity contribution < 1.29 is 13.2 Å². The number of nitrogens with zero attached hydrogens (tertiary/aromatic N) is 2. The third kappa shape index (κ3) is 4.45. The second-order valence-corrected chi connectivity index (χ2v) is 9.10. The molecule has 8 heteroatoms. The normalized spacial score (nSPS) is 18.8. The van der Waals surface area contributed by atoms with Crippen LogP contribution in [0.25, 0.3) is 0 Å². The minimum Gasteiger partial charge on any atom is -0.352 e. The van der Waals surface area contributed by atoms with Crippen molar-refractivity contribution in [1.82, 2.24) is 14.6 Å². The SMILES string of the molecule is O=C(CC1CCCCN1S(=O)(=O)c1cccs1)NCc1cccnc1. The predicted octanol–water partition coefficient (Wildman–Crippen LogP) is 2.39. The van der Waals surface area contributed by atoms with Crippen LogP contribution in [0, 0.1) is 0 Å². The first-order valence-electron chi connectivity index (χ1n) is 8.28. The molecule has 3 heterocycles. The number of carbonyl (C=O) groups is 1. The molecule has 1 aliphatic heterocycles. The number of thiophene rings is 1. The van der Waals surface area contributed by atoms with E-state index in [4.69, 9.17) is 0 Å². The van der Waals surface area contributed by atoms with Crippen molar-refractivity contribution in [2.24, 2.45) is 0 Å². The molecule has 0 aromatic carbocycles. The van der Waals surface area contributed by atoms with Gasteiger partial charge in [-0.3, -0.25) is 9.78 Å². The molecule has 2 aromatic rings. The Bertz CT molecular complexity index is 792. The number of piperidine rings is 1.